The van der Waals surface area contributed by atoms with Crippen molar-refractivity contribution in [1.82, 2.24) is 54.7 Å². The Morgan fingerprint density at radius 2 is 1.97 bits per heavy atom. The molecule has 0 aliphatic carbocycles. The van der Waals surface area contributed by atoms with Crippen LogP contribution < -0.4 is 10.2 Å². The van der Waals surface area contributed by atoms with Crippen molar-refractivity contribution < 1.29 is 0 Å². The molecule has 13 heteroatoms. The molecular weight excluding hydrogens is 458 g/mol. The first kappa shape index (κ1) is 21.7. The lowest BCUT2D eigenvalue weighted by Gasteiger charge is -2.25. The van der Waals surface area contributed by atoms with Crippen molar-refractivity contribution in [3.05, 3.63) is 66.4 Å². The van der Waals surface area contributed by atoms with E-state index in [4.69, 9.17) is 0 Å². The Hall–Kier alpha value is -4.81. The number of pyridine rings is 1. The Labute approximate surface area is 206 Å². The first-order valence-electron chi connectivity index (χ1n) is 11.6. The number of fused-ring (bicyclic) bond motifs is 1. The van der Waals surface area contributed by atoms with E-state index in [1.54, 1.807) is 6.20 Å². The Balaban J connectivity index is 1.23. The summed E-state index contributed by atoms with van der Waals surface area (Å²) in [5.74, 6) is 2.78. The zero-order valence-electron chi connectivity index (χ0n) is 19.8. The maximum Gasteiger partial charge on any atom is 0.225 e. The fourth-order valence-corrected chi connectivity index (χ4v) is 4.08. The van der Waals surface area contributed by atoms with Crippen LogP contribution in [0.5, 0.6) is 0 Å². The Kier molecular flexibility index (Phi) is 5.48. The fraction of sp³-hybridized carbons (Fsp3) is 0.261. The maximum absolute atomic E-state index is 4.58. The molecule has 0 unspecified atom stereocenters. The molecule has 6 rings (SSSR count). The van der Waals surface area contributed by atoms with E-state index in [0.717, 1.165) is 53.7 Å². The van der Waals surface area contributed by atoms with Crippen molar-refractivity contribution in [1.29, 1.82) is 0 Å². The molecule has 1 N–H and O–H groups in total. The van der Waals surface area contributed by atoms with Gasteiger partial charge in [0.1, 0.15) is 6.33 Å². The van der Waals surface area contributed by atoms with Crippen LogP contribution >= 0.6 is 0 Å². The van der Waals surface area contributed by atoms with Crippen LogP contribution in [0, 0.1) is 6.92 Å². The number of nitrogens with zero attached hydrogens (tertiary/aromatic N) is 12. The van der Waals surface area contributed by atoms with Crippen molar-refractivity contribution in [3.8, 4) is 5.82 Å². The molecule has 5 aromatic rings. The highest BCUT2D eigenvalue weighted by Gasteiger charge is 2.20. The molecule has 1 aliphatic heterocycles. The topological polar surface area (TPSA) is 141 Å². The molecule has 0 fully saturated rings. The van der Waals surface area contributed by atoms with E-state index in [9.17, 15) is 0 Å². The molecule has 0 atom stereocenters. The van der Waals surface area contributed by atoms with E-state index in [1.807, 2.05) is 42.0 Å². The van der Waals surface area contributed by atoms with Crippen LogP contribution in [0.3, 0.4) is 0 Å². The second-order valence-electron chi connectivity index (χ2n) is 8.35. The Morgan fingerprint density at radius 1 is 1.08 bits per heavy atom. The number of nitrogens with one attached hydrogen (secondary N) is 1. The van der Waals surface area contributed by atoms with Crippen LogP contribution in [0.4, 0.5) is 17.5 Å². The van der Waals surface area contributed by atoms with Gasteiger partial charge in [0.15, 0.2) is 17.5 Å². The first-order chi connectivity index (χ1) is 17.7. The van der Waals surface area contributed by atoms with E-state index in [-0.39, 0.29) is 0 Å². The minimum Gasteiger partial charge on any atom is -0.337 e. The summed E-state index contributed by atoms with van der Waals surface area (Å²) >= 11 is 0. The van der Waals surface area contributed by atoms with Gasteiger partial charge in [0.2, 0.25) is 11.6 Å². The predicted octanol–water partition coefficient (Wildman–Crippen LogP) is 2.19. The van der Waals surface area contributed by atoms with Gasteiger partial charge in [-0.25, -0.2) is 19.9 Å². The lowest BCUT2D eigenvalue weighted by molar-refractivity contribution is 0.768. The lowest BCUT2D eigenvalue weighted by Crippen LogP contribution is -2.30. The standard InChI is InChI=1S/C23H23N13/c1-3-16-12-25-23(26-13-16)34-9-6-17(7-10-34)21-30-31-22-20(24-8-11-35(21)22)29-18-4-5-19(28-15(18)2)36-14-27-32-33-36/h4-6,8,11-14H,3,7,9-10H2,1-2H3,(H,24,29). The second-order valence-corrected chi connectivity index (χ2v) is 8.35. The molecule has 13 nitrogen and oxygen atoms in total. The van der Waals surface area contributed by atoms with E-state index in [1.165, 1.54) is 11.0 Å². The Morgan fingerprint density at radius 3 is 2.69 bits per heavy atom. The van der Waals surface area contributed by atoms with Gasteiger partial charge in [-0.3, -0.25) is 4.40 Å². The average molecular weight is 482 g/mol. The third-order valence-electron chi connectivity index (χ3n) is 6.11. The van der Waals surface area contributed by atoms with Gasteiger partial charge in [-0.1, -0.05) is 13.0 Å². The molecule has 0 aromatic carbocycles. The summed E-state index contributed by atoms with van der Waals surface area (Å²) in [4.78, 5) is 20.3. The highest BCUT2D eigenvalue weighted by molar-refractivity contribution is 5.73. The number of rotatable bonds is 6. The smallest absolute Gasteiger partial charge is 0.225 e. The van der Waals surface area contributed by atoms with Crippen LogP contribution in [-0.2, 0) is 6.42 Å². The molecule has 0 radical (unpaired) electrons. The SMILES string of the molecule is CCc1cnc(N2CC=C(c3nnc4c(Nc5ccc(-n6cnnn6)nc5C)nccn34)CC2)nc1. The number of aromatic nitrogens is 11. The molecular formula is C23H23N13. The third-order valence-corrected chi connectivity index (χ3v) is 6.11. The summed E-state index contributed by atoms with van der Waals surface area (Å²) in [6.07, 6.45) is 12.8. The van der Waals surface area contributed by atoms with Crippen molar-refractivity contribution in [2.75, 3.05) is 23.3 Å². The van der Waals surface area contributed by atoms with Crippen molar-refractivity contribution in [3.63, 3.8) is 0 Å². The lowest BCUT2D eigenvalue weighted by atomic mass is 10.1. The normalized spacial score (nSPS) is 13.7. The van der Waals surface area contributed by atoms with E-state index >= 15 is 0 Å². The summed E-state index contributed by atoms with van der Waals surface area (Å²) in [7, 11) is 0. The molecule has 0 bridgehead atoms. The highest BCUT2D eigenvalue weighted by Crippen LogP contribution is 2.26. The molecule has 5 aromatic heterocycles. The van der Waals surface area contributed by atoms with Crippen molar-refractivity contribution in [2.24, 2.45) is 0 Å². The fourth-order valence-electron chi connectivity index (χ4n) is 4.08. The first-order valence-corrected chi connectivity index (χ1v) is 11.6. The third kappa shape index (κ3) is 4.00. The summed E-state index contributed by atoms with van der Waals surface area (Å²) in [5, 5.41) is 23.4. The largest absolute Gasteiger partial charge is 0.337 e. The summed E-state index contributed by atoms with van der Waals surface area (Å²) in [5.41, 5.74) is 4.48. The van der Waals surface area contributed by atoms with Crippen LogP contribution in [0.1, 0.15) is 30.4 Å². The maximum atomic E-state index is 4.58. The van der Waals surface area contributed by atoms with Gasteiger partial charge >= 0.3 is 0 Å². The molecule has 36 heavy (non-hydrogen) atoms. The minimum absolute atomic E-state index is 0.596. The van der Waals surface area contributed by atoms with Crippen molar-refractivity contribution in [2.45, 2.75) is 26.7 Å². The highest BCUT2D eigenvalue weighted by atomic mass is 15.5. The zero-order valence-corrected chi connectivity index (χ0v) is 19.8. The molecule has 0 spiro atoms. The Bertz CT molecular complexity index is 1540. The number of hydrogen-bond donors (Lipinski definition) is 1. The van der Waals surface area contributed by atoms with Gasteiger partial charge in [-0.15, -0.1) is 15.3 Å². The van der Waals surface area contributed by atoms with Gasteiger partial charge in [0.25, 0.3) is 0 Å². The van der Waals surface area contributed by atoms with E-state index in [2.05, 4.69) is 68.9 Å². The molecule has 0 amide bonds. The van der Waals surface area contributed by atoms with Gasteiger partial charge in [0.05, 0.1) is 11.4 Å². The quantitative estimate of drug-likeness (QED) is 0.381. The second kappa shape index (κ2) is 9.09. The summed E-state index contributed by atoms with van der Waals surface area (Å²) < 4.78 is 3.47. The molecule has 6 heterocycles. The summed E-state index contributed by atoms with van der Waals surface area (Å²) in [6.45, 7) is 5.52. The van der Waals surface area contributed by atoms with Crippen LogP contribution in [-0.4, -0.2) is 67.8 Å². The molecule has 0 saturated carbocycles. The van der Waals surface area contributed by atoms with E-state index < -0.39 is 0 Å². The predicted molar refractivity (Wildman–Crippen MR) is 132 cm³/mol. The van der Waals surface area contributed by atoms with Gasteiger partial charge in [0, 0.05) is 37.9 Å². The van der Waals surface area contributed by atoms with Gasteiger partial charge in [-0.2, -0.15) is 4.68 Å². The number of hydrogen-bond acceptors (Lipinski definition) is 11. The number of tetrazole rings is 1. The van der Waals surface area contributed by atoms with Crippen LogP contribution in [0.15, 0.2) is 49.3 Å². The molecule has 180 valence electrons. The van der Waals surface area contributed by atoms with Crippen LogP contribution in [0.25, 0.3) is 17.0 Å². The van der Waals surface area contributed by atoms with Gasteiger partial charge in [-0.05, 0) is 53.5 Å². The number of anilines is 3. The zero-order chi connectivity index (χ0) is 24.5. The van der Waals surface area contributed by atoms with Crippen LogP contribution in [0.2, 0.25) is 0 Å². The van der Waals surface area contributed by atoms with Gasteiger partial charge < -0.3 is 10.2 Å². The molecule has 0 saturated heterocycles. The summed E-state index contributed by atoms with van der Waals surface area (Å²) in [6, 6.07) is 3.74. The average Bonchev–Trinajstić information content (AvgIpc) is 3.61. The monoisotopic (exact) mass is 481 g/mol. The number of aryl methyl sites for hydroxylation is 2. The van der Waals surface area contributed by atoms with Crippen molar-refractivity contribution >= 4 is 28.7 Å². The minimum atomic E-state index is 0.596. The molecule has 1 aliphatic rings. The van der Waals surface area contributed by atoms with E-state index in [0.29, 0.717) is 23.8 Å².